The van der Waals surface area contributed by atoms with Crippen LogP contribution in [-0.4, -0.2) is 0 Å². The molecule has 0 atom stereocenters. The molecule has 8 aromatic carbocycles. The van der Waals surface area contributed by atoms with Gasteiger partial charge in [-0.3, -0.25) is 0 Å². The summed E-state index contributed by atoms with van der Waals surface area (Å²) in [6.07, 6.45) is 4.35. The van der Waals surface area contributed by atoms with Gasteiger partial charge in [-0.05, 0) is 141 Å². The first-order chi connectivity index (χ1) is 24.8. The predicted octanol–water partition coefficient (Wildman–Crippen LogP) is 12.8. The quantitative estimate of drug-likeness (QED) is 0.171. The van der Waals surface area contributed by atoms with Crippen LogP contribution in [0.1, 0.15) is 22.3 Å². The maximum atomic E-state index is 2.43. The molecule has 0 heterocycles. The van der Waals surface area contributed by atoms with Crippen molar-refractivity contribution in [3.8, 4) is 11.1 Å². The zero-order valence-corrected chi connectivity index (χ0v) is 27.9. The van der Waals surface area contributed by atoms with E-state index in [1.807, 2.05) is 0 Å². The minimum absolute atomic E-state index is 1.07. The molecule has 2 aliphatic carbocycles. The number of hydrogen-bond acceptors (Lipinski definition) is 2. The Labute approximate surface area is 293 Å². The third kappa shape index (κ3) is 4.71. The number of hydrogen-bond donors (Lipinski definition) is 0. The zero-order chi connectivity index (χ0) is 33.0. The van der Waals surface area contributed by atoms with Crippen molar-refractivity contribution >= 4 is 55.7 Å². The summed E-state index contributed by atoms with van der Waals surface area (Å²) >= 11 is 0. The third-order valence-electron chi connectivity index (χ3n) is 10.8. The monoisotopic (exact) mass is 640 g/mol. The summed E-state index contributed by atoms with van der Waals surface area (Å²) in [5.74, 6) is 0. The van der Waals surface area contributed by atoms with Crippen molar-refractivity contribution in [1.29, 1.82) is 0 Å². The highest BCUT2D eigenvalue weighted by molar-refractivity contribution is 5.98. The highest BCUT2D eigenvalue weighted by Gasteiger charge is 2.24. The molecular formula is C48H36N2. The van der Waals surface area contributed by atoms with Crippen LogP contribution in [0.25, 0.3) is 32.7 Å². The number of para-hydroxylation sites is 2. The first kappa shape index (κ1) is 28.9. The Hall–Kier alpha value is -6.12. The molecule has 0 fully saturated rings. The molecule has 2 aliphatic rings. The summed E-state index contributed by atoms with van der Waals surface area (Å²) in [6, 6.07) is 62.4. The van der Waals surface area contributed by atoms with Gasteiger partial charge in [0.25, 0.3) is 0 Å². The molecule has 238 valence electrons. The maximum absolute atomic E-state index is 2.43. The van der Waals surface area contributed by atoms with Crippen molar-refractivity contribution in [3.63, 3.8) is 0 Å². The summed E-state index contributed by atoms with van der Waals surface area (Å²) in [5, 5.41) is 5.55. The second-order valence-electron chi connectivity index (χ2n) is 13.6. The van der Waals surface area contributed by atoms with Gasteiger partial charge in [0.2, 0.25) is 0 Å². The van der Waals surface area contributed by atoms with Crippen LogP contribution >= 0.6 is 0 Å². The number of aryl methyl sites for hydroxylation is 4. The number of nitrogens with zero attached hydrogens (tertiary/aromatic N) is 2. The van der Waals surface area contributed by atoms with Crippen LogP contribution in [0.4, 0.5) is 34.1 Å². The topological polar surface area (TPSA) is 6.48 Å². The zero-order valence-electron chi connectivity index (χ0n) is 27.9. The molecule has 0 aromatic heterocycles. The second-order valence-corrected chi connectivity index (χ2v) is 13.6. The van der Waals surface area contributed by atoms with Gasteiger partial charge in [0.1, 0.15) is 0 Å². The first-order valence-corrected chi connectivity index (χ1v) is 17.8. The van der Waals surface area contributed by atoms with E-state index in [9.17, 15) is 0 Å². The third-order valence-corrected chi connectivity index (χ3v) is 10.8. The fourth-order valence-electron chi connectivity index (χ4n) is 8.52. The number of anilines is 6. The highest BCUT2D eigenvalue weighted by atomic mass is 15.1. The van der Waals surface area contributed by atoms with Gasteiger partial charge >= 0.3 is 0 Å². The van der Waals surface area contributed by atoms with Crippen LogP contribution in [0.5, 0.6) is 0 Å². The Morgan fingerprint density at radius 3 is 1.12 bits per heavy atom. The summed E-state index contributed by atoms with van der Waals surface area (Å²) in [6.45, 7) is 0. The maximum Gasteiger partial charge on any atom is 0.0500 e. The summed E-state index contributed by atoms with van der Waals surface area (Å²) < 4.78 is 0. The van der Waals surface area contributed by atoms with Crippen LogP contribution in [0.3, 0.4) is 0 Å². The van der Waals surface area contributed by atoms with E-state index < -0.39 is 0 Å². The van der Waals surface area contributed by atoms with Crippen LogP contribution in [-0.2, 0) is 25.7 Å². The molecule has 8 aromatic rings. The molecule has 2 nitrogen and oxygen atoms in total. The van der Waals surface area contributed by atoms with Crippen LogP contribution in [0.15, 0.2) is 170 Å². The van der Waals surface area contributed by atoms with Gasteiger partial charge in [-0.2, -0.15) is 0 Å². The first-order valence-electron chi connectivity index (χ1n) is 17.8. The lowest BCUT2D eigenvalue weighted by Crippen LogP contribution is -2.12. The second kappa shape index (κ2) is 11.8. The van der Waals surface area contributed by atoms with E-state index in [1.165, 1.54) is 89.0 Å². The van der Waals surface area contributed by atoms with Crippen molar-refractivity contribution in [2.75, 3.05) is 9.80 Å². The number of rotatable bonds is 7. The van der Waals surface area contributed by atoms with Gasteiger partial charge in [0.15, 0.2) is 0 Å². The Morgan fingerprint density at radius 1 is 0.300 bits per heavy atom. The summed E-state index contributed by atoms with van der Waals surface area (Å²) in [4.78, 5) is 4.86. The van der Waals surface area contributed by atoms with Gasteiger partial charge in [-0.25, -0.2) is 0 Å². The average Bonchev–Trinajstić information content (AvgIpc) is 3.83. The lowest BCUT2D eigenvalue weighted by atomic mass is 10.0. The molecule has 0 radical (unpaired) electrons. The smallest absolute Gasteiger partial charge is 0.0500 e. The van der Waals surface area contributed by atoms with Crippen LogP contribution < -0.4 is 9.80 Å². The lowest BCUT2D eigenvalue weighted by Gasteiger charge is -2.28. The summed E-state index contributed by atoms with van der Waals surface area (Å²) in [7, 11) is 0. The average molecular weight is 641 g/mol. The SMILES string of the molecule is c1ccc(N(c2ccc(-c3ccc(N(c4ccccc4)c4ccc5cccc6c5c4CC6)cc3)cc2)c2ccc3cccc4c3c2CC4)cc1. The molecule has 0 saturated carbocycles. The molecule has 0 N–H and O–H groups in total. The van der Waals surface area contributed by atoms with Gasteiger partial charge < -0.3 is 9.80 Å². The number of benzene rings is 8. The molecular weight excluding hydrogens is 605 g/mol. The van der Waals surface area contributed by atoms with Gasteiger partial charge in [0, 0.05) is 34.1 Å². The Morgan fingerprint density at radius 2 is 0.700 bits per heavy atom. The van der Waals surface area contributed by atoms with Crippen LogP contribution in [0.2, 0.25) is 0 Å². The van der Waals surface area contributed by atoms with E-state index in [1.54, 1.807) is 0 Å². The minimum atomic E-state index is 1.07. The summed E-state index contributed by atoms with van der Waals surface area (Å²) in [5.41, 5.74) is 15.5. The standard InChI is InChI=1S/C48H36N2/c1-3-13-39(14-4-1)49(45-31-23-37-11-7-9-35-21-29-43(45)47(35)37)41-25-17-33(18-26-41)34-19-27-42(28-20-34)50(40-15-5-2-6-16-40)46-32-24-38-12-8-10-36-22-30-44(46)48(36)38/h1-20,23-28,31-32H,21-22,29-30H2. The molecule has 0 saturated heterocycles. The highest BCUT2D eigenvalue weighted by Crippen LogP contribution is 2.45. The Kier molecular flexibility index (Phi) is 6.80. The van der Waals surface area contributed by atoms with E-state index in [2.05, 4.69) is 180 Å². The van der Waals surface area contributed by atoms with Crippen molar-refractivity contribution in [1.82, 2.24) is 0 Å². The van der Waals surface area contributed by atoms with Gasteiger partial charge in [-0.15, -0.1) is 0 Å². The van der Waals surface area contributed by atoms with Crippen LogP contribution in [0, 0.1) is 0 Å². The molecule has 0 unspecified atom stereocenters. The van der Waals surface area contributed by atoms with Crippen molar-refractivity contribution in [2.45, 2.75) is 25.7 Å². The largest absolute Gasteiger partial charge is 0.310 e. The normalized spacial score (nSPS) is 12.9. The van der Waals surface area contributed by atoms with E-state index in [0.29, 0.717) is 0 Å². The molecule has 0 amide bonds. The van der Waals surface area contributed by atoms with Crippen molar-refractivity contribution < 1.29 is 0 Å². The van der Waals surface area contributed by atoms with E-state index >= 15 is 0 Å². The fraction of sp³-hybridized carbons (Fsp3) is 0.0833. The predicted molar refractivity (Wildman–Crippen MR) is 211 cm³/mol. The lowest BCUT2D eigenvalue weighted by molar-refractivity contribution is 1.02. The Balaban J connectivity index is 1.01. The Bertz CT molecular complexity index is 2340. The molecule has 0 spiro atoms. The minimum Gasteiger partial charge on any atom is -0.310 e. The van der Waals surface area contributed by atoms with E-state index in [4.69, 9.17) is 0 Å². The molecule has 10 rings (SSSR count). The molecule has 0 bridgehead atoms. The van der Waals surface area contributed by atoms with Crippen molar-refractivity contribution in [2.24, 2.45) is 0 Å². The molecule has 2 heteroatoms. The van der Waals surface area contributed by atoms with E-state index in [-0.39, 0.29) is 0 Å². The van der Waals surface area contributed by atoms with Crippen molar-refractivity contribution in [3.05, 3.63) is 192 Å². The van der Waals surface area contributed by atoms with E-state index in [0.717, 1.165) is 25.7 Å². The molecule has 50 heavy (non-hydrogen) atoms. The van der Waals surface area contributed by atoms with Gasteiger partial charge in [0.05, 0.1) is 0 Å². The fourth-order valence-corrected chi connectivity index (χ4v) is 8.52. The van der Waals surface area contributed by atoms with Gasteiger partial charge in [-0.1, -0.05) is 109 Å². The molecule has 0 aliphatic heterocycles.